The van der Waals surface area contributed by atoms with E-state index in [0.29, 0.717) is 28.6 Å². The predicted octanol–water partition coefficient (Wildman–Crippen LogP) is 3.43. The molecule has 1 aliphatic rings. The van der Waals surface area contributed by atoms with Gasteiger partial charge >= 0.3 is 0 Å². The summed E-state index contributed by atoms with van der Waals surface area (Å²) in [5.74, 6) is 1.36. The second-order valence-corrected chi connectivity index (χ2v) is 6.06. The van der Waals surface area contributed by atoms with Crippen LogP contribution in [-0.2, 0) is 4.79 Å². The number of methoxy groups -OCH3 is 3. The SMILES string of the molecule is COc1ccc(C=C2N=C(C)N(c3ccc([N+](=O)[O-])cc3OC)C2=O)cc1OC. The van der Waals surface area contributed by atoms with Gasteiger partial charge in [0.2, 0.25) is 0 Å². The number of rotatable bonds is 6. The van der Waals surface area contributed by atoms with Gasteiger partial charge in [-0.3, -0.25) is 19.8 Å². The summed E-state index contributed by atoms with van der Waals surface area (Å²) in [4.78, 5) is 29.2. The summed E-state index contributed by atoms with van der Waals surface area (Å²) in [5, 5.41) is 11.0. The van der Waals surface area contributed by atoms with Gasteiger partial charge in [-0.05, 0) is 36.8 Å². The number of nitro groups is 1. The van der Waals surface area contributed by atoms with Gasteiger partial charge in [0.05, 0.1) is 38.0 Å². The van der Waals surface area contributed by atoms with Crippen molar-refractivity contribution in [3.05, 3.63) is 57.8 Å². The third-order valence-corrected chi connectivity index (χ3v) is 4.35. The zero-order valence-corrected chi connectivity index (χ0v) is 16.3. The van der Waals surface area contributed by atoms with Crippen molar-refractivity contribution in [2.45, 2.75) is 6.92 Å². The Morgan fingerprint density at radius 3 is 2.31 bits per heavy atom. The van der Waals surface area contributed by atoms with E-state index in [0.717, 1.165) is 0 Å². The van der Waals surface area contributed by atoms with Crippen LogP contribution < -0.4 is 19.1 Å². The molecule has 0 aromatic heterocycles. The van der Waals surface area contributed by atoms with E-state index in [-0.39, 0.29) is 23.0 Å². The molecule has 150 valence electrons. The van der Waals surface area contributed by atoms with Crippen LogP contribution in [0.2, 0.25) is 0 Å². The predicted molar refractivity (Wildman–Crippen MR) is 108 cm³/mol. The van der Waals surface area contributed by atoms with Crippen molar-refractivity contribution in [1.82, 2.24) is 0 Å². The maximum absolute atomic E-state index is 13.0. The van der Waals surface area contributed by atoms with Crippen LogP contribution in [0.4, 0.5) is 11.4 Å². The van der Waals surface area contributed by atoms with E-state index in [1.165, 1.54) is 37.3 Å². The highest BCUT2D eigenvalue weighted by Gasteiger charge is 2.31. The maximum atomic E-state index is 13.0. The summed E-state index contributed by atoms with van der Waals surface area (Å²) < 4.78 is 15.8. The summed E-state index contributed by atoms with van der Waals surface area (Å²) in [6.07, 6.45) is 1.63. The van der Waals surface area contributed by atoms with Gasteiger partial charge in [0, 0.05) is 6.07 Å². The summed E-state index contributed by atoms with van der Waals surface area (Å²) in [5.41, 5.74) is 1.17. The van der Waals surface area contributed by atoms with Crippen LogP contribution in [0.3, 0.4) is 0 Å². The average molecular weight is 397 g/mol. The number of hydrogen-bond donors (Lipinski definition) is 0. The molecule has 1 amide bonds. The van der Waals surface area contributed by atoms with E-state index in [9.17, 15) is 14.9 Å². The molecule has 1 aliphatic heterocycles. The van der Waals surface area contributed by atoms with E-state index in [4.69, 9.17) is 14.2 Å². The Labute approximate surface area is 167 Å². The fourth-order valence-corrected chi connectivity index (χ4v) is 2.98. The van der Waals surface area contributed by atoms with Crippen LogP contribution in [0, 0.1) is 10.1 Å². The number of anilines is 1. The molecule has 0 spiro atoms. The maximum Gasteiger partial charge on any atom is 0.282 e. The van der Waals surface area contributed by atoms with Gasteiger partial charge in [-0.15, -0.1) is 0 Å². The molecule has 1 heterocycles. The Balaban J connectivity index is 1.98. The van der Waals surface area contributed by atoms with Gasteiger partial charge in [-0.25, -0.2) is 4.99 Å². The first kappa shape index (κ1) is 19.9. The Hall–Kier alpha value is -3.88. The Morgan fingerprint density at radius 2 is 1.69 bits per heavy atom. The zero-order valence-electron chi connectivity index (χ0n) is 16.3. The lowest BCUT2D eigenvalue weighted by atomic mass is 10.1. The number of amidine groups is 1. The van der Waals surface area contributed by atoms with Crippen LogP contribution in [0.25, 0.3) is 6.08 Å². The monoisotopic (exact) mass is 397 g/mol. The average Bonchev–Trinajstić information content (AvgIpc) is 3.00. The molecule has 0 N–H and O–H groups in total. The van der Waals surface area contributed by atoms with Crippen LogP contribution in [0.15, 0.2) is 47.1 Å². The number of amides is 1. The summed E-state index contributed by atoms with van der Waals surface area (Å²) in [6.45, 7) is 1.67. The fourth-order valence-electron chi connectivity index (χ4n) is 2.98. The van der Waals surface area contributed by atoms with Crippen molar-refractivity contribution < 1.29 is 23.9 Å². The largest absolute Gasteiger partial charge is 0.494 e. The molecule has 0 unspecified atom stereocenters. The number of hydrogen-bond acceptors (Lipinski definition) is 7. The van der Waals surface area contributed by atoms with Crippen molar-refractivity contribution in [2.24, 2.45) is 4.99 Å². The van der Waals surface area contributed by atoms with Crippen LogP contribution in [0.1, 0.15) is 12.5 Å². The molecule has 0 aliphatic carbocycles. The highest BCUT2D eigenvalue weighted by Crippen LogP contribution is 2.36. The van der Waals surface area contributed by atoms with E-state index in [2.05, 4.69) is 4.99 Å². The molecule has 0 saturated carbocycles. The van der Waals surface area contributed by atoms with E-state index < -0.39 is 4.92 Å². The van der Waals surface area contributed by atoms with Gasteiger partial charge in [-0.1, -0.05) is 6.07 Å². The van der Waals surface area contributed by atoms with Gasteiger partial charge in [0.25, 0.3) is 11.6 Å². The van der Waals surface area contributed by atoms with Gasteiger partial charge in [-0.2, -0.15) is 0 Å². The number of nitro benzene ring substituents is 1. The van der Waals surface area contributed by atoms with Gasteiger partial charge < -0.3 is 14.2 Å². The lowest BCUT2D eigenvalue weighted by molar-refractivity contribution is -0.384. The van der Waals surface area contributed by atoms with Gasteiger partial charge in [0.1, 0.15) is 17.3 Å². The number of benzene rings is 2. The lowest BCUT2D eigenvalue weighted by Gasteiger charge is -2.18. The number of non-ortho nitro benzene ring substituents is 1. The minimum absolute atomic E-state index is 0.132. The summed E-state index contributed by atoms with van der Waals surface area (Å²) in [7, 11) is 4.45. The van der Waals surface area contributed by atoms with Crippen molar-refractivity contribution in [1.29, 1.82) is 0 Å². The van der Waals surface area contributed by atoms with Crippen molar-refractivity contribution >= 4 is 29.2 Å². The first-order valence-corrected chi connectivity index (χ1v) is 8.55. The topological polar surface area (TPSA) is 104 Å². The molecule has 2 aromatic carbocycles. The number of nitrogens with zero attached hydrogens (tertiary/aromatic N) is 3. The molecule has 2 aromatic rings. The summed E-state index contributed by atoms with van der Waals surface area (Å²) in [6, 6.07) is 9.30. The third-order valence-electron chi connectivity index (χ3n) is 4.35. The van der Waals surface area contributed by atoms with Crippen LogP contribution in [0.5, 0.6) is 17.2 Å². The Morgan fingerprint density at radius 1 is 1.00 bits per heavy atom. The van der Waals surface area contributed by atoms with E-state index in [1.807, 2.05) is 0 Å². The molecule has 0 bridgehead atoms. The molecule has 0 atom stereocenters. The molecular weight excluding hydrogens is 378 g/mol. The number of aliphatic imine (C=N–C) groups is 1. The Kier molecular flexibility index (Phi) is 5.49. The van der Waals surface area contributed by atoms with Crippen molar-refractivity contribution in [3.8, 4) is 17.2 Å². The normalized spacial score (nSPS) is 14.8. The number of ether oxygens (including phenoxy) is 3. The van der Waals surface area contributed by atoms with Crippen LogP contribution in [-0.4, -0.2) is 38.0 Å². The quantitative estimate of drug-likeness (QED) is 0.420. The molecule has 0 fully saturated rings. The van der Waals surface area contributed by atoms with Gasteiger partial charge in [0.15, 0.2) is 11.5 Å². The minimum atomic E-state index is -0.526. The molecule has 9 heteroatoms. The highest BCUT2D eigenvalue weighted by molar-refractivity contribution is 6.28. The molecule has 3 rings (SSSR count). The first-order valence-electron chi connectivity index (χ1n) is 8.55. The second-order valence-electron chi connectivity index (χ2n) is 6.06. The molecule has 0 radical (unpaired) electrons. The standard InChI is InChI=1S/C20H19N3O6/c1-12-21-15(9-13-5-8-17(27-2)19(10-13)29-4)20(24)22(12)16-7-6-14(23(25)26)11-18(16)28-3/h5-11H,1-4H3. The van der Waals surface area contributed by atoms with Crippen molar-refractivity contribution in [3.63, 3.8) is 0 Å². The number of carbonyl (C=O) groups excluding carboxylic acids is 1. The minimum Gasteiger partial charge on any atom is -0.494 e. The first-order chi connectivity index (χ1) is 13.9. The molecule has 29 heavy (non-hydrogen) atoms. The smallest absolute Gasteiger partial charge is 0.282 e. The third kappa shape index (κ3) is 3.75. The lowest BCUT2D eigenvalue weighted by Crippen LogP contribution is -2.30. The van der Waals surface area contributed by atoms with E-state index >= 15 is 0 Å². The molecule has 9 nitrogen and oxygen atoms in total. The zero-order chi connectivity index (χ0) is 21.1. The van der Waals surface area contributed by atoms with Crippen LogP contribution >= 0.6 is 0 Å². The molecule has 0 saturated heterocycles. The van der Waals surface area contributed by atoms with Crippen molar-refractivity contribution in [2.75, 3.05) is 26.2 Å². The second kappa shape index (κ2) is 8.01. The summed E-state index contributed by atoms with van der Waals surface area (Å²) >= 11 is 0. The highest BCUT2D eigenvalue weighted by atomic mass is 16.6. The fraction of sp³-hybridized carbons (Fsp3) is 0.200. The van der Waals surface area contributed by atoms with E-state index in [1.54, 1.807) is 38.3 Å². The molecular formula is C20H19N3O6. The number of carbonyl (C=O) groups is 1. The Bertz CT molecular complexity index is 1040.